The second-order valence-corrected chi connectivity index (χ2v) is 6.39. The molecule has 0 radical (unpaired) electrons. The van der Waals surface area contributed by atoms with Crippen molar-refractivity contribution in [3.05, 3.63) is 57.6 Å². The molecule has 0 aliphatic carbocycles. The first-order valence-corrected chi connectivity index (χ1v) is 8.12. The van der Waals surface area contributed by atoms with Crippen molar-refractivity contribution in [2.75, 3.05) is 7.05 Å². The maximum absolute atomic E-state index is 12.4. The largest absolute Gasteiger partial charge is 0.337 e. The summed E-state index contributed by atoms with van der Waals surface area (Å²) in [4.78, 5) is 19.1. The smallest absolute Gasteiger partial charge is 0.264 e. The summed E-state index contributed by atoms with van der Waals surface area (Å²) in [5.74, 6) is 0.927. The Morgan fingerprint density at radius 2 is 2.13 bits per heavy atom. The maximum atomic E-state index is 12.4. The Morgan fingerprint density at radius 1 is 1.30 bits per heavy atom. The number of carbonyl (C=O) groups is 1. The van der Waals surface area contributed by atoms with E-state index in [4.69, 9.17) is 4.52 Å². The first-order valence-electron chi connectivity index (χ1n) is 7.24. The van der Waals surface area contributed by atoms with Crippen molar-refractivity contribution in [2.45, 2.75) is 20.4 Å². The first kappa shape index (κ1) is 15.4. The van der Waals surface area contributed by atoms with E-state index in [2.05, 4.69) is 10.1 Å². The second kappa shape index (κ2) is 6.34. The van der Waals surface area contributed by atoms with Crippen LogP contribution in [0.1, 0.15) is 26.7 Å². The highest BCUT2D eigenvalue weighted by atomic mass is 32.1. The Kier molecular flexibility index (Phi) is 4.25. The number of rotatable bonds is 4. The molecule has 5 nitrogen and oxygen atoms in total. The molecule has 0 spiro atoms. The SMILES string of the molecule is Cc1cccc(-c2noc(CN(C)C(=O)c3sccc3C)n2)c1. The van der Waals surface area contributed by atoms with E-state index in [1.807, 2.05) is 49.6 Å². The predicted molar refractivity (Wildman–Crippen MR) is 89.3 cm³/mol. The summed E-state index contributed by atoms with van der Waals surface area (Å²) in [5.41, 5.74) is 3.02. The summed E-state index contributed by atoms with van der Waals surface area (Å²) in [6, 6.07) is 9.84. The van der Waals surface area contributed by atoms with Crippen LogP contribution in [0.3, 0.4) is 0 Å². The molecule has 0 unspecified atom stereocenters. The van der Waals surface area contributed by atoms with Crippen LogP contribution in [0.15, 0.2) is 40.2 Å². The van der Waals surface area contributed by atoms with Gasteiger partial charge in [0.1, 0.15) is 6.54 Å². The van der Waals surface area contributed by atoms with E-state index >= 15 is 0 Å². The van der Waals surface area contributed by atoms with Crippen molar-refractivity contribution >= 4 is 17.2 Å². The van der Waals surface area contributed by atoms with Crippen LogP contribution in [0.4, 0.5) is 0 Å². The van der Waals surface area contributed by atoms with Crippen molar-refractivity contribution < 1.29 is 9.32 Å². The first-order chi connectivity index (χ1) is 11.0. The van der Waals surface area contributed by atoms with Crippen LogP contribution in [0.25, 0.3) is 11.4 Å². The van der Waals surface area contributed by atoms with E-state index in [0.29, 0.717) is 11.7 Å². The van der Waals surface area contributed by atoms with Crippen LogP contribution < -0.4 is 0 Å². The zero-order valence-electron chi connectivity index (χ0n) is 13.2. The lowest BCUT2D eigenvalue weighted by molar-refractivity contribution is 0.0773. The Hall–Kier alpha value is -2.47. The summed E-state index contributed by atoms with van der Waals surface area (Å²) in [6.45, 7) is 4.23. The molecular weight excluding hydrogens is 310 g/mol. The van der Waals surface area contributed by atoms with E-state index in [-0.39, 0.29) is 12.5 Å². The fourth-order valence-electron chi connectivity index (χ4n) is 2.26. The molecule has 3 rings (SSSR count). The number of nitrogens with zero attached hydrogens (tertiary/aromatic N) is 3. The fraction of sp³-hybridized carbons (Fsp3) is 0.235. The number of amides is 1. The number of aromatic nitrogens is 2. The molecule has 1 amide bonds. The molecule has 0 saturated carbocycles. The number of benzene rings is 1. The Morgan fingerprint density at radius 3 is 2.83 bits per heavy atom. The summed E-state index contributed by atoms with van der Waals surface area (Å²) in [5, 5.41) is 5.91. The Bertz CT molecular complexity index is 838. The van der Waals surface area contributed by atoms with Crippen molar-refractivity contribution in [1.82, 2.24) is 15.0 Å². The molecule has 2 aromatic heterocycles. The van der Waals surface area contributed by atoms with E-state index in [1.165, 1.54) is 11.3 Å². The van der Waals surface area contributed by atoms with Gasteiger partial charge in [0.25, 0.3) is 5.91 Å². The highest BCUT2D eigenvalue weighted by Gasteiger charge is 2.18. The average molecular weight is 327 g/mol. The van der Waals surface area contributed by atoms with Gasteiger partial charge in [-0.05, 0) is 36.9 Å². The number of carbonyl (C=O) groups excluding carboxylic acids is 1. The molecule has 0 aliphatic rings. The van der Waals surface area contributed by atoms with Crippen LogP contribution in [-0.2, 0) is 6.54 Å². The molecule has 6 heteroatoms. The number of hydrogen-bond donors (Lipinski definition) is 0. The van der Waals surface area contributed by atoms with Crippen molar-refractivity contribution in [3.8, 4) is 11.4 Å². The molecule has 1 aromatic carbocycles. The highest BCUT2D eigenvalue weighted by molar-refractivity contribution is 7.12. The molecule has 2 heterocycles. The lowest BCUT2D eigenvalue weighted by Gasteiger charge is -2.14. The third-order valence-electron chi connectivity index (χ3n) is 3.52. The topological polar surface area (TPSA) is 59.2 Å². The van der Waals surface area contributed by atoms with Crippen LogP contribution in [0.5, 0.6) is 0 Å². The van der Waals surface area contributed by atoms with E-state index in [0.717, 1.165) is 21.6 Å². The molecule has 0 aliphatic heterocycles. The number of hydrogen-bond acceptors (Lipinski definition) is 5. The van der Waals surface area contributed by atoms with Gasteiger partial charge in [-0.15, -0.1) is 11.3 Å². The molecule has 23 heavy (non-hydrogen) atoms. The lowest BCUT2D eigenvalue weighted by Crippen LogP contribution is -2.26. The summed E-state index contributed by atoms with van der Waals surface area (Å²) in [6.07, 6.45) is 0. The van der Waals surface area contributed by atoms with Crippen LogP contribution >= 0.6 is 11.3 Å². The molecule has 118 valence electrons. The lowest BCUT2D eigenvalue weighted by atomic mass is 10.1. The normalized spacial score (nSPS) is 10.7. The van der Waals surface area contributed by atoms with Crippen LogP contribution in [-0.4, -0.2) is 28.0 Å². The second-order valence-electron chi connectivity index (χ2n) is 5.48. The van der Waals surface area contributed by atoms with Gasteiger partial charge in [0.2, 0.25) is 11.7 Å². The standard InChI is InChI=1S/C17H17N3O2S/c1-11-5-4-6-13(9-11)16-18-14(22-19-16)10-20(3)17(21)15-12(2)7-8-23-15/h4-9H,10H2,1-3H3. The predicted octanol–water partition coefficient (Wildman–Crippen LogP) is 3.69. The van der Waals surface area contributed by atoms with E-state index < -0.39 is 0 Å². The molecule has 0 saturated heterocycles. The zero-order chi connectivity index (χ0) is 16.4. The summed E-state index contributed by atoms with van der Waals surface area (Å²) >= 11 is 1.44. The minimum absolute atomic E-state index is 0.0344. The Labute approximate surface area is 138 Å². The molecular formula is C17H17N3O2S. The van der Waals surface area contributed by atoms with Gasteiger partial charge in [0.15, 0.2) is 0 Å². The minimum Gasteiger partial charge on any atom is -0.337 e. The fourth-order valence-corrected chi connectivity index (χ4v) is 3.18. The summed E-state index contributed by atoms with van der Waals surface area (Å²) in [7, 11) is 1.73. The van der Waals surface area contributed by atoms with Gasteiger partial charge in [0.05, 0.1) is 4.88 Å². The molecule has 0 bridgehead atoms. The van der Waals surface area contributed by atoms with Crippen LogP contribution in [0.2, 0.25) is 0 Å². The quantitative estimate of drug-likeness (QED) is 0.733. The van der Waals surface area contributed by atoms with E-state index in [1.54, 1.807) is 11.9 Å². The van der Waals surface area contributed by atoms with Gasteiger partial charge >= 0.3 is 0 Å². The van der Waals surface area contributed by atoms with Gasteiger partial charge in [-0.2, -0.15) is 4.98 Å². The number of thiophene rings is 1. The highest BCUT2D eigenvalue weighted by Crippen LogP contribution is 2.20. The van der Waals surface area contributed by atoms with E-state index in [9.17, 15) is 4.79 Å². The monoisotopic (exact) mass is 327 g/mol. The van der Waals surface area contributed by atoms with Gasteiger partial charge < -0.3 is 9.42 Å². The van der Waals surface area contributed by atoms with Crippen LogP contribution in [0, 0.1) is 13.8 Å². The third kappa shape index (κ3) is 3.32. The minimum atomic E-state index is -0.0344. The third-order valence-corrected chi connectivity index (χ3v) is 4.52. The molecule has 3 aromatic rings. The number of aryl methyl sites for hydroxylation is 2. The maximum Gasteiger partial charge on any atom is 0.264 e. The van der Waals surface area contributed by atoms with Gasteiger partial charge in [-0.1, -0.05) is 28.9 Å². The average Bonchev–Trinajstić information content (AvgIpc) is 3.15. The zero-order valence-corrected chi connectivity index (χ0v) is 14.1. The van der Waals surface area contributed by atoms with Gasteiger partial charge in [-0.3, -0.25) is 4.79 Å². The van der Waals surface area contributed by atoms with Crippen molar-refractivity contribution in [1.29, 1.82) is 0 Å². The Balaban J connectivity index is 1.74. The van der Waals surface area contributed by atoms with Gasteiger partial charge in [-0.25, -0.2) is 0 Å². The van der Waals surface area contributed by atoms with Gasteiger partial charge in [0, 0.05) is 12.6 Å². The molecule has 0 atom stereocenters. The molecule has 0 fully saturated rings. The van der Waals surface area contributed by atoms with Crippen molar-refractivity contribution in [3.63, 3.8) is 0 Å². The van der Waals surface area contributed by atoms with Crippen molar-refractivity contribution in [2.24, 2.45) is 0 Å². The molecule has 0 N–H and O–H groups in total. The summed E-state index contributed by atoms with van der Waals surface area (Å²) < 4.78 is 5.28.